The van der Waals surface area contributed by atoms with E-state index in [-0.39, 0.29) is 23.3 Å². The van der Waals surface area contributed by atoms with Gasteiger partial charge in [-0.15, -0.1) is 0 Å². The fourth-order valence-corrected chi connectivity index (χ4v) is 4.65. The highest BCUT2D eigenvalue weighted by Gasteiger charge is 2.21. The zero-order valence-corrected chi connectivity index (χ0v) is 19.5. The molecule has 1 aliphatic rings. The number of nitrogens with one attached hydrogen (secondary N) is 1. The number of methoxy groups -OCH3 is 1. The summed E-state index contributed by atoms with van der Waals surface area (Å²) in [5.74, 6) is 0.451. The lowest BCUT2D eigenvalue weighted by Crippen LogP contribution is -2.29. The number of carbonyl (C=O) groups excluding carboxylic acids is 1. The zero-order valence-electron chi connectivity index (χ0n) is 17.9. The first-order chi connectivity index (χ1) is 15.4. The summed E-state index contributed by atoms with van der Waals surface area (Å²) in [5.41, 5.74) is 1.96. The number of aromatic nitrogens is 2. The Morgan fingerprint density at radius 3 is 2.94 bits per heavy atom. The Hall–Kier alpha value is -2.55. The molecule has 168 valence electrons. The quantitative estimate of drug-likeness (QED) is 0.407. The minimum Gasteiger partial charge on any atom is -0.495 e. The number of benzene rings is 2. The maximum absolute atomic E-state index is 13.2. The van der Waals surface area contributed by atoms with Crippen LogP contribution in [0, 0.1) is 6.92 Å². The normalized spacial score (nSPS) is 15.8. The van der Waals surface area contributed by atoms with E-state index >= 15 is 0 Å². The lowest BCUT2D eigenvalue weighted by atomic mass is 10.2. The average Bonchev–Trinajstić information content (AvgIpc) is 3.28. The fourth-order valence-electron chi connectivity index (χ4n) is 3.67. The van der Waals surface area contributed by atoms with E-state index in [1.165, 1.54) is 11.8 Å². The number of ether oxygens (including phenoxy) is 2. The van der Waals surface area contributed by atoms with Gasteiger partial charge >= 0.3 is 0 Å². The largest absolute Gasteiger partial charge is 0.495 e. The number of rotatable bonds is 7. The number of hydrogen-bond acceptors (Lipinski definition) is 6. The van der Waals surface area contributed by atoms with Crippen molar-refractivity contribution >= 4 is 45.9 Å². The van der Waals surface area contributed by atoms with Crippen molar-refractivity contribution in [1.82, 2.24) is 9.55 Å². The van der Waals surface area contributed by atoms with Gasteiger partial charge in [0, 0.05) is 11.6 Å². The molecule has 7 nitrogen and oxygen atoms in total. The van der Waals surface area contributed by atoms with E-state index in [2.05, 4.69) is 10.3 Å². The molecule has 0 bridgehead atoms. The molecule has 1 unspecified atom stereocenters. The first kappa shape index (κ1) is 22.6. The summed E-state index contributed by atoms with van der Waals surface area (Å²) in [4.78, 5) is 30.5. The molecule has 1 atom stereocenters. The predicted octanol–water partition coefficient (Wildman–Crippen LogP) is 4.28. The van der Waals surface area contributed by atoms with Crippen LogP contribution in [-0.4, -0.2) is 41.0 Å². The summed E-state index contributed by atoms with van der Waals surface area (Å²) in [7, 11) is 1.56. The molecule has 1 N–H and O–H groups in total. The number of carbonyl (C=O) groups is 1. The van der Waals surface area contributed by atoms with Gasteiger partial charge in [0.05, 0.1) is 42.1 Å². The molecule has 1 fully saturated rings. The van der Waals surface area contributed by atoms with Crippen LogP contribution in [0.3, 0.4) is 0 Å². The lowest BCUT2D eigenvalue weighted by Gasteiger charge is -2.16. The Bertz CT molecular complexity index is 1210. The van der Waals surface area contributed by atoms with Crippen LogP contribution >= 0.6 is 23.4 Å². The van der Waals surface area contributed by atoms with Crippen LogP contribution in [0.4, 0.5) is 5.69 Å². The molecule has 3 aromatic rings. The second-order valence-corrected chi connectivity index (χ2v) is 9.03. The second kappa shape index (κ2) is 9.94. The summed E-state index contributed by atoms with van der Waals surface area (Å²) >= 11 is 7.32. The summed E-state index contributed by atoms with van der Waals surface area (Å²) in [6, 6.07) is 10.6. The van der Waals surface area contributed by atoms with Crippen LogP contribution in [0.5, 0.6) is 5.75 Å². The maximum Gasteiger partial charge on any atom is 0.262 e. The maximum atomic E-state index is 13.2. The van der Waals surface area contributed by atoms with E-state index in [1.807, 2.05) is 25.1 Å². The number of halogens is 1. The van der Waals surface area contributed by atoms with Gasteiger partial charge in [0.1, 0.15) is 5.75 Å². The van der Waals surface area contributed by atoms with Crippen molar-refractivity contribution in [2.24, 2.45) is 0 Å². The lowest BCUT2D eigenvalue weighted by molar-refractivity contribution is -0.113. The van der Waals surface area contributed by atoms with Gasteiger partial charge in [0.2, 0.25) is 5.91 Å². The third-order valence-electron chi connectivity index (χ3n) is 5.25. The Labute approximate surface area is 195 Å². The highest BCUT2D eigenvalue weighted by Crippen LogP contribution is 2.26. The molecule has 0 radical (unpaired) electrons. The number of anilines is 1. The summed E-state index contributed by atoms with van der Waals surface area (Å²) < 4.78 is 12.7. The number of amides is 1. The topological polar surface area (TPSA) is 82.5 Å². The average molecular weight is 474 g/mol. The highest BCUT2D eigenvalue weighted by molar-refractivity contribution is 7.99. The molecule has 9 heteroatoms. The van der Waals surface area contributed by atoms with Crippen LogP contribution in [0.25, 0.3) is 10.9 Å². The standard InChI is InChI=1S/C23H24ClN3O4S/c1-14-5-8-20(30-2)19(10-14)25-21(28)13-32-23-26-18-11-15(24)6-7-17(18)22(29)27(23)12-16-4-3-9-31-16/h5-8,10-11,16H,3-4,9,12-13H2,1-2H3,(H,25,28). The Kier molecular flexibility index (Phi) is 7.03. The summed E-state index contributed by atoms with van der Waals surface area (Å²) in [6.07, 6.45) is 1.83. The number of aryl methyl sites for hydroxylation is 1. The Morgan fingerprint density at radius 1 is 1.34 bits per heavy atom. The molecule has 1 aromatic heterocycles. The first-order valence-corrected chi connectivity index (χ1v) is 11.7. The van der Waals surface area contributed by atoms with Crippen LogP contribution in [-0.2, 0) is 16.1 Å². The monoisotopic (exact) mass is 473 g/mol. The number of hydrogen-bond donors (Lipinski definition) is 1. The molecule has 2 heterocycles. The van der Waals surface area contributed by atoms with Crippen LogP contribution in [0.15, 0.2) is 46.3 Å². The Balaban J connectivity index is 1.59. The van der Waals surface area contributed by atoms with Crippen molar-refractivity contribution in [3.63, 3.8) is 0 Å². The molecule has 32 heavy (non-hydrogen) atoms. The van der Waals surface area contributed by atoms with Gasteiger partial charge in [0.25, 0.3) is 5.56 Å². The van der Waals surface area contributed by atoms with E-state index in [4.69, 9.17) is 21.1 Å². The van der Waals surface area contributed by atoms with Crippen molar-refractivity contribution in [3.8, 4) is 5.75 Å². The van der Waals surface area contributed by atoms with E-state index < -0.39 is 0 Å². The van der Waals surface area contributed by atoms with Gasteiger partial charge in [-0.2, -0.15) is 0 Å². The van der Waals surface area contributed by atoms with E-state index in [9.17, 15) is 9.59 Å². The Morgan fingerprint density at radius 2 is 2.19 bits per heavy atom. The SMILES string of the molecule is COc1ccc(C)cc1NC(=O)CSc1nc2cc(Cl)ccc2c(=O)n1CC1CCCO1. The third-order valence-corrected chi connectivity index (χ3v) is 6.47. The van der Waals surface area contributed by atoms with Crippen molar-refractivity contribution < 1.29 is 14.3 Å². The van der Waals surface area contributed by atoms with Gasteiger partial charge in [-0.3, -0.25) is 14.2 Å². The molecule has 1 saturated heterocycles. The van der Waals surface area contributed by atoms with Gasteiger partial charge < -0.3 is 14.8 Å². The van der Waals surface area contributed by atoms with Gasteiger partial charge in [0.15, 0.2) is 5.16 Å². The second-order valence-electron chi connectivity index (χ2n) is 7.65. The van der Waals surface area contributed by atoms with Crippen LogP contribution in [0.2, 0.25) is 5.02 Å². The molecule has 1 aliphatic heterocycles. The smallest absolute Gasteiger partial charge is 0.262 e. The van der Waals surface area contributed by atoms with Gasteiger partial charge in [-0.1, -0.05) is 29.4 Å². The van der Waals surface area contributed by atoms with Crippen LogP contribution < -0.4 is 15.6 Å². The molecule has 4 rings (SSSR count). The molecule has 0 aliphatic carbocycles. The number of fused-ring (bicyclic) bond motifs is 1. The zero-order chi connectivity index (χ0) is 22.7. The van der Waals surface area contributed by atoms with Gasteiger partial charge in [-0.25, -0.2) is 4.98 Å². The molecule has 2 aromatic carbocycles. The minimum atomic E-state index is -0.219. The van der Waals surface area contributed by atoms with Crippen molar-refractivity contribution in [2.75, 3.05) is 24.8 Å². The predicted molar refractivity (Wildman–Crippen MR) is 127 cm³/mol. The van der Waals surface area contributed by atoms with Crippen molar-refractivity contribution in [2.45, 2.75) is 37.6 Å². The first-order valence-electron chi connectivity index (χ1n) is 10.3. The third kappa shape index (κ3) is 5.09. The molecule has 0 saturated carbocycles. The minimum absolute atomic E-state index is 0.0380. The van der Waals surface area contributed by atoms with E-state index in [0.29, 0.717) is 45.7 Å². The van der Waals surface area contributed by atoms with Crippen LogP contribution in [0.1, 0.15) is 18.4 Å². The van der Waals surface area contributed by atoms with E-state index in [0.717, 1.165) is 18.4 Å². The van der Waals surface area contributed by atoms with E-state index in [1.54, 1.807) is 29.9 Å². The summed E-state index contributed by atoms with van der Waals surface area (Å²) in [5, 5.41) is 4.34. The molecule has 0 spiro atoms. The van der Waals surface area contributed by atoms with Gasteiger partial charge in [-0.05, 0) is 55.7 Å². The molecular weight excluding hydrogens is 450 g/mol. The number of nitrogens with zero attached hydrogens (tertiary/aromatic N) is 2. The van der Waals surface area contributed by atoms with Crippen molar-refractivity contribution in [3.05, 3.63) is 57.3 Å². The fraction of sp³-hybridized carbons (Fsp3) is 0.348. The summed E-state index contributed by atoms with van der Waals surface area (Å²) in [6.45, 7) is 3.04. The molecular formula is C23H24ClN3O4S. The molecule has 1 amide bonds. The highest BCUT2D eigenvalue weighted by atomic mass is 35.5. The number of thioether (sulfide) groups is 1. The van der Waals surface area contributed by atoms with Crippen molar-refractivity contribution in [1.29, 1.82) is 0 Å².